The number of nitrogens with two attached hydrogens (primary N) is 1. The van der Waals surface area contributed by atoms with E-state index < -0.39 is 0 Å². The van der Waals surface area contributed by atoms with Gasteiger partial charge in [-0.1, -0.05) is 40.9 Å². The molecule has 3 aromatic rings. The number of pyridine rings is 1. The summed E-state index contributed by atoms with van der Waals surface area (Å²) in [5.74, 6) is 0.360. The zero-order chi connectivity index (χ0) is 15.1. The summed E-state index contributed by atoms with van der Waals surface area (Å²) in [5.41, 5.74) is 8.23. The highest BCUT2D eigenvalue weighted by molar-refractivity contribution is 6.35. The van der Waals surface area contributed by atoms with Crippen LogP contribution in [0.1, 0.15) is 18.5 Å². The van der Waals surface area contributed by atoms with E-state index in [2.05, 4.69) is 9.97 Å². The highest BCUT2D eigenvalue weighted by Crippen LogP contribution is 2.32. The van der Waals surface area contributed by atoms with E-state index >= 15 is 0 Å². The van der Waals surface area contributed by atoms with Crippen molar-refractivity contribution >= 4 is 51.9 Å². The maximum Gasteiger partial charge on any atom is 0.203 e. The smallest absolute Gasteiger partial charge is 0.203 e. The van der Waals surface area contributed by atoms with E-state index in [0.717, 1.165) is 5.56 Å². The molecule has 7 heteroatoms. The molecule has 21 heavy (non-hydrogen) atoms. The summed E-state index contributed by atoms with van der Waals surface area (Å²) in [7, 11) is 0. The first-order valence-corrected chi connectivity index (χ1v) is 7.34. The second-order valence-corrected chi connectivity index (χ2v) is 5.96. The molecule has 108 valence electrons. The lowest BCUT2D eigenvalue weighted by atomic mass is 10.1. The molecule has 0 saturated heterocycles. The van der Waals surface area contributed by atoms with Crippen LogP contribution in [-0.2, 0) is 0 Å². The third kappa shape index (κ3) is 2.55. The normalized spacial score (nSPS) is 12.8. The summed E-state index contributed by atoms with van der Waals surface area (Å²) >= 11 is 18.1. The van der Waals surface area contributed by atoms with Crippen LogP contribution in [0.3, 0.4) is 0 Å². The summed E-state index contributed by atoms with van der Waals surface area (Å²) in [4.78, 5) is 8.61. The maximum atomic E-state index is 6.27. The minimum Gasteiger partial charge on any atom is -0.369 e. The number of fused-ring (bicyclic) bond motifs is 1. The molecule has 0 bridgehead atoms. The number of anilines is 1. The quantitative estimate of drug-likeness (QED) is 0.742. The number of aromatic nitrogens is 3. The van der Waals surface area contributed by atoms with E-state index in [-0.39, 0.29) is 6.04 Å². The van der Waals surface area contributed by atoms with E-state index in [4.69, 9.17) is 40.5 Å². The summed E-state index contributed by atoms with van der Waals surface area (Å²) in [6, 6.07) is 6.96. The fraction of sp³-hybridized carbons (Fsp3) is 0.143. The van der Waals surface area contributed by atoms with Gasteiger partial charge in [0.15, 0.2) is 5.65 Å². The van der Waals surface area contributed by atoms with Crippen molar-refractivity contribution in [3.8, 4) is 0 Å². The SMILES string of the molecule is CC(c1ccc(Cl)cc1Cl)n1c(N)nc2cc(Cl)cnc21. The second kappa shape index (κ2) is 5.37. The minimum absolute atomic E-state index is 0.131. The Kier molecular flexibility index (Phi) is 3.69. The third-order valence-electron chi connectivity index (χ3n) is 3.32. The lowest BCUT2D eigenvalue weighted by Gasteiger charge is -2.17. The highest BCUT2D eigenvalue weighted by Gasteiger charge is 2.19. The van der Waals surface area contributed by atoms with Gasteiger partial charge in [0.1, 0.15) is 5.52 Å². The number of imidazole rings is 1. The number of hydrogen-bond donors (Lipinski definition) is 1. The van der Waals surface area contributed by atoms with Gasteiger partial charge in [-0.25, -0.2) is 9.97 Å². The monoisotopic (exact) mass is 340 g/mol. The second-order valence-electron chi connectivity index (χ2n) is 4.68. The van der Waals surface area contributed by atoms with Crippen LogP contribution in [0, 0.1) is 0 Å². The van der Waals surface area contributed by atoms with Gasteiger partial charge < -0.3 is 5.73 Å². The molecule has 1 unspecified atom stereocenters. The Balaban J connectivity index is 2.17. The topological polar surface area (TPSA) is 56.7 Å². The Morgan fingerprint density at radius 1 is 1.14 bits per heavy atom. The molecule has 1 atom stereocenters. The van der Waals surface area contributed by atoms with Crippen LogP contribution in [0.4, 0.5) is 5.95 Å². The molecule has 0 aliphatic rings. The van der Waals surface area contributed by atoms with E-state index in [1.165, 1.54) is 0 Å². The molecule has 2 N–H and O–H groups in total. The fourth-order valence-electron chi connectivity index (χ4n) is 2.34. The maximum absolute atomic E-state index is 6.27. The van der Waals surface area contributed by atoms with Crippen molar-refractivity contribution in [1.29, 1.82) is 0 Å². The van der Waals surface area contributed by atoms with Gasteiger partial charge in [0.05, 0.1) is 11.1 Å². The van der Waals surface area contributed by atoms with Crippen molar-refractivity contribution in [2.45, 2.75) is 13.0 Å². The molecule has 0 radical (unpaired) electrons. The molecule has 2 heterocycles. The molecule has 1 aromatic carbocycles. The Hall–Kier alpha value is -1.49. The standard InChI is InChI=1S/C14H11Cl3N4/c1-7(10-3-2-8(15)4-11(10)17)21-13-12(20-14(21)18)5-9(16)6-19-13/h2-7H,1H3,(H2,18,20). The Bertz CT molecular complexity index is 828. The van der Waals surface area contributed by atoms with Gasteiger partial charge in [-0.05, 0) is 30.7 Å². The van der Waals surface area contributed by atoms with Gasteiger partial charge in [0.25, 0.3) is 0 Å². The molecule has 0 aliphatic heterocycles. The summed E-state index contributed by atoms with van der Waals surface area (Å²) < 4.78 is 1.82. The summed E-state index contributed by atoms with van der Waals surface area (Å²) in [6.45, 7) is 1.98. The Labute approximate surface area is 136 Å². The number of halogens is 3. The van der Waals surface area contributed by atoms with Crippen LogP contribution in [0.25, 0.3) is 11.2 Å². The molecule has 0 spiro atoms. The van der Waals surface area contributed by atoms with Gasteiger partial charge in [-0.2, -0.15) is 0 Å². The largest absolute Gasteiger partial charge is 0.369 e. The molecule has 0 aliphatic carbocycles. The first-order chi connectivity index (χ1) is 9.97. The van der Waals surface area contributed by atoms with E-state index in [1.807, 2.05) is 17.6 Å². The minimum atomic E-state index is -0.131. The third-order valence-corrected chi connectivity index (χ3v) is 4.09. The zero-order valence-corrected chi connectivity index (χ0v) is 13.3. The molecule has 0 amide bonds. The van der Waals surface area contributed by atoms with Gasteiger partial charge in [-0.3, -0.25) is 4.57 Å². The van der Waals surface area contributed by atoms with E-state index in [9.17, 15) is 0 Å². The predicted molar refractivity (Wildman–Crippen MR) is 87.2 cm³/mol. The molecule has 0 saturated carbocycles. The highest BCUT2D eigenvalue weighted by atomic mass is 35.5. The van der Waals surface area contributed by atoms with Crippen LogP contribution in [0.15, 0.2) is 30.5 Å². The number of benzene rings is 1. The first-order valence-electron chi connectivity index (χ1n) is 6.21. The molecule has 4 nitrogen and oxygen atoms in total. The lowest BCUT2D eigenvalue weighted by Crippen LogP contribution is -2.11. The Morgan fingerprint density at radius 2 is 1.90 bits per heavy atom. The number of nitrogens with zero attached hydrogens (tertiary/aromatic N) is 3. The van der Waals surface area contributed by atoms with Crippen LogP contribution < -0.4 is 5.73 Å². The van der Waals surface area contributed by atoms with E-state index in [0.29, 0.717) is 32.2 Å². The average molecular weight is 342 g/mol. The summed E-state index contributed by atoms with van der Waals surface area (Å²) in [6.07, 6.45) is 1.57. The average Bonchev–Trinajstić information content (AvgIpc) is 2.73. The number of nitrogen functional groups attached to an aromatic ring is 1. The van der Waals surface area contributed by atoms with Crippen molar-refractivity contribution in [2.75, 3.05) is 5.73 Å². The van der Waals surface area contributed by atoms with Crippen molar-refractivity contribution < 1.29 is 0 Å². The van der Waals surface area contributed by atoms with Gasteiger partial charge in [0.2, 0.25) is 5.95 Å². The lowest BCUT2D eigenvalue weighted by molar-refractivity contribution is 0.662. The zero-order valence-electron chi connectivity index (χ0n) is 11.0. The molecule has 0 fully saturated rings. The van der Waals surface area contributed by atoms with E-state index in [1.54, 1.807) is 24.4 Å². The van der Waals surface area contributed by atoms with Crippen molar-refractivity contribution in [3.63, 3.8) is 0 Å². The molecular weight excluding hydrogens is 331 g/mol. The number of rotatable bonds is 2. The van der Waals surface area contributed by atoms with Crippen molar-refractivity contribution in [1.82, 2.24) is 14.5 Å². The van der Waals surface area contributed by atoms with Crippen molar-refractivity contribution in [3.05, 3.63) is 51.1 Å². The summed E-state index contributed by atoms with van der Waals surface area (Å²) in [5, 5.41) is 1.68. The predicted octanol–water partition coefficient (Wildman–Crippen LogP) is 4.58. The number of hydrogen-bond acceptors (Lipinski definition) is 3. The fourth-order valence-corrected chi connectivity index (χ4v) is 3.05. The van der Waals surface area contributed by atoms with Crippen LogP contribution in [0.2, 0.25) is 15.1 Å². The van der Waals surface area contributed by atoms with Gasteiger partial charge >= 0.3 is 0 Å². The first kappa shape index (κ1) is 14.4. The van der Waals surface area contributed by atoms with Crippen LogP contribution in [0.5, 0.6) is 0 Å². The molecule has 3 rings (SSSR count). The van der Waals surface area contributed by atoms with Crippen molar-refractivity contribution in [2.24, 2.45) is 0 Å². The molecule has 2 aromatic heterocycles. The van der Waals surface area contributed by atoms with Crippen LogP contribution >= 0.6 is 34.8 Å². The van der Waals surface area contributed by atoms with Gasteiger partial charge in [-0.15, -0.1) is 0 Å². The van der Waals surface area contributed by atoms with Gasteiger partial charge in [0, 0.05) is 16.2 Å². The van der Waals surface area contributed by atoms with Crippen LogP contribution in [-0.4, -0.2) is 14.5 Å². The Morgan fingerprint density at radius 3 is 2.62 bits per heavy atom. The molecular formula is C14H11Cl3N4.